The van der Waals surface area contributed by atoms with Crippen molar-refractivity contribution in [2.75, 3.05) is 0 Å². The predicted molar refractivity (Wildman–Crippen MR) is 83.4 cm³/mol. The first kappa shape index (κ1) is 14.4. The van der Waals surface area contributed by atoms with E-state index in [1.54, 1.807) is 6.07 Å². The highest BCUT2D eigenvalue weighted by Gasteiger charge is 2.13. The molecule has 112 valence electrons. The van der Waals surface area contributed by atoms with Gasteiger partial charge >= 0.3 is 0 Å². The molecule has 0 aliphatic heterocycles. The second-order valence-electron chi connectivity index (χ2n) is 5.42. The number of aromatic nitrogens is 3. The summed E-state index contributed by atoms with van der Waals surface area (Å²) in [6, 6.07) is 10.1. The Hall–Kier alpha value is -2.56. The highest BCUT2D eigenvalue weighted by Crippen LogP contribution is 2.14. The van der Waals surface area contributed by atoms with Crippen LogP contribution in [0.4, 0.5) is 4.39 Å². The number of para-hydroxylation sites is 1. The SMILES string of the molecule is Cc1cccc(C[C@@H](C)n2cnc3c(F)cccc3c2=O)n1. The van der Waals surface area contributed by atoms with Gasteiger partial charge in [0.25, 0.3) is 5.56 Å². The van der Waals surface area contributed by atoms with Gasteiger partial charge in [-0.2, -0.15) is 0 Å². The third-order valence-electron chi connectivity index (χ3n) is 3.69. The Morgan fingerprint density at radius 1 is 1.23 bits per heavy atom. The lowest BCUT2D eigenvalue weighted by Crippen LogP contribution is -2.25. The Morgan fingerprint density at radius 3 is 2.77 bits per heavy atom. The van der Waals surface area contributed by atoms with Gasteiger partial charge in [0.05, 0.1) is 11.7 Å². The van der Waals surface area contributed by atoms with Crippen LogP contribution in [0.2, 0.25) is 0 Å². The lowest BCUT2D eigenvalue weighted by Gasteiger charge is -2.15. The Kier molecular flexibility index (Phi) is 3.71. The van der Waals surface area contributed by atoms with Gasteiger partial charge in [0.1, 0.15) is 11.3 Å². The summed E-state index contributed by atoms with van der Waals surface area (Å²) in [6.07, 6.45) is 2.03. The van der Waals surface area contributed by atoms with E-state index in [0.717, 1.165) is 11.4 Å². The van der Waals surface area contributed by atoms with Crippen molar-refractivity contribution in [1.82, 2.24) is 14.5 Å². The standard InChI is InChI=1S/C17H16FN3O/c1-11-5-3-6-13(20-11)9-12(2)21-10-19-16-14(17(21)22)7-4-8-15(16)18/h3-8,10,12H,9H2,1-2H3/t12-/m1/s1. The quantitative estimate of drug-likeness (QED) is 0.746. The molecule has 2 aromatic heterocycles. The average Bonchev–Trinajstić information content (AvgIpc) is 2.48. The van der Waals surface area contributed by atoms with Gasteiger partial charge in [0.2, 0.25) is 0 Å². The molecule has 5 heteroatoms. The van der Waals surface area contributed by atoms with E-state index in [0.29, 0.717) is 11.8 Å². The van der Waals surface area contributed by atoms with Crippen molar-refractivity contribution in [3.63, 3.8) is 0 Å². The fourth-order valence-electron chi connectivity index (χ4n) is 2.56. The van der Waals surface area contributed by atoms with Crippen molar-refractivity contribution in [2.24, 2.45) is 0 Å². The Balaban J connectivity index is 1.99. The van der Waals surface area contributed by atoms with Crippen molar-refractivity contribution in [3.05, 3.63) is 70.3 Å². The van der Waals surface area contributed by atoms with Crippen LogP contribution in [-0.2, 0) is 6.42 Å². The van der Waals surface area contributed by atoms with Crippen molar-refractivity contribution >= 4 is 10.9 Å². The van der Waals surface area contributed by atoms with E-state index < -0.39 is 5.82 Å². The topological polar surface area (TPSA) is 47.8 Å². The summed E-state index contributed by atoms with van der Waals surface area (Å²) in [6.45, 7) is 3.86. The maximum Gasteiger partial charge on any atom is 0.261 e. The largest absolute Gasteiger partial charge is 0.295 e. The average molecular weight is 297 g/mol. The van der Waals surface area contributed by atoms with E-state index in [4.69, 9.17) is 0 Å². The molecule has 0 saturated carbocycles. The molecule has 1 aromatic carbocycles. The minimum absolute atomic E-state index is 0.109. The molecule has 0 aliphatic carbocycles. The number of fused-ring (bicyclic) bond motifs is 1. The molecular weight excluding hydrogens is 281 g/mol. The summed E-state index contributed by atoms with van der Waals surface area (Å²) in [4.78, 5) is 21.1. The maximum atomic E-state index is 13.7. The van der Waals surface area contributed by atoms with Crippen molar-refractivity contribution in [1.29, 1.82) is 0 Å². The molecular formula is C17H16FN3O. The fraction of sp³-hybridized carbons (Fsp3) is 0.235. The van der Waals surface area contributed by atoms with E-state index in [2.05, 4.69) is 9.97 Å². The van der Waals surface area contributed by atoms with E-state index >= 15 is 0 Å². The number of hydrogen-bond acceptors (Lipinski definition) is 3. The minimum Gasteiger partial charge on any atom is -0.295 e. The zero-order valence-corrected chi connectivity index (χ0v) is 12.5. The van der Waals surface area contributed by atoms with Gasteiger partial charge < -0.3 is 0 Å². The van der Waals surface area contributed by atoms with E-state index in [9.17, 15) is 9.18 Å². The number of halogens is 1. The fourth-order valence-corrected chi connectivity index (χ4v) is 2.56. The molecule has 0 N–H and O–H groups in total. The van der Waals surface area contributed by atoms with Crippen LogP contribution in [0.25, 0.3) is 10.9 Å². The number of pyridine rings is 1. The third-order valence-corrected chi connectivity index (χ3v) is 3.69. The van der Waals surface area contributed by atoms with Crippen LogP contribution in [-0.4, -0.2) is 14.5 Å². The molecule has 3 aromatic rings. The second-order valence-corrected chi connectivity index (χ2v) is 5.42. The van der Waals surface area contributed by atoms with Gasteiger partial charge in [-0.25, -0.2) is 9.37 Å². The summed E-state index contributed by atoms with van der Waals surface area (Å²) in [7, 11) is 0. The predicted octanol–water partition coefficient (Wildman–Crippen LogP) is 3.04. The molecule has 0 bridgehead atoms. The van der Waals surface area contributed by atoms with Crippen molar-refractivity contribution in [3.8, 4) is 0 Å². The van der Waals surface area contributed by atoms with Gasteiger partial charge in [-0.1, -0.05) is 12.1 Å². The molecule has 0 radical (unpaired) electrons. The van der Waals surface area contributed by atoms with Gasteiger partial charge in [0, 0.05) is 23.9 Å². The van der Waals surface area contributed by atoms with Gasteiger partial charge in [-0.05, 0) is 38.1 Å². The summed E-state index contributed by atoms with van der Waals surface area (Å²) < 4.78 is 15.2. The molecule has 1 atom stereocenters. The highest BCUT2D eigenvalue weighted by molar-refractivity contribution is 5.77. The molecule has 0 fully saturated rings. The Bertz CT molecular complexity index is 888. The second kappa shape index (κ2) is 5.67. The molecule has 0 amide bonds. The van der Waals surface area contributed by atoms with Crippen LogP contribution in [0.15, 0.2) is 47.5 Å². The molecule has 22 heavy (non-hydrogen) atoms. The number of hydrogen-bond donors (Lipinski definition) is 0. The Morgan fingerprint density at radius 2 is 2.00 bits per heavy atom. The van der Waals surface area contributed by atoms with E-state index in [1.807, 2.05) is 32.0 Å². The lowest BCUT2D eigenvalue weighted by atomic mass is 10.1. The smallest absolute Gasteiger partial charge is 0.261 e. The number of nitrogens with zero attached hydrogens (tertiary/aromatic N) is 3. The van der Waals surface area contributed by atoms with Crippen LogP contribution in [0.3, 0.4) is 0 Å². The first-order chi connectivity index (χ1) is 10.6. The molecule has 0 unspecified atom stereocenters. The number of rotatable bonds is 3. The zero-order valence-electron chi connectivity index (χ0n) is 12.5. The van der Waals surface area contributed by atoms with Gasteiger partial charge in [-0.15, -0.1) is 0 Å². The first-order valence-corrected chi connectivity index (χ1v) is 7.14. The summed E-state index contributed by atoms with van der Waals surface area (Å²) in [5, 5.41) is 0.298. The van der Waals surface area contributed by atoms with Crippen molar-refractivity contribution in [2.45, 2.75) is 26.3 Å². The van der Waals surface area contributed by atoms with Crippen molar-refractivity contribution < 1.29 is 4.39 Å². The van der Waals surface area contributed by atoms with Gasteiger partial charge in [0.15, 0.2) is 0 Å². The normalized spacial score (nSPS) is 12.5. The summed E-state index contributed by atoms with van der Waals surface area (Å²) >= 11 is 0. The molecule has 0 saturated heterocycles. The summed E-state index contributed by atoms with van der Waals surface area (Å²) in [5.74, 6) is -0.477. The van der Waals surface area contributed by atoms with E-state index in [-0.39, 0.29) is 17.1 Å². The molecule has 0 aliphatic rings. The number of benzene rings is 1. The van der Waals surface area contributed by atoms with Crippen LogP contribution >= 0.6 is 0 Å². The molecule has 3 rings (SSSR count). The van der Waals surface area contributed by atoms with Gasteiger partial charge in [-0.3, -0.25) is 14.3 Å². The maximum absolute atomic E-state index is 13.7. The highest BCUT2D eigenvalue weighted by atomic mass is 19.1. The van der Waals surface area contributed by atoms with Crippen LogP contribution in [0.1, 0.15) is 24.4 Å². The summed E-state index contributed by atoms with van der Waals surface area (Å²) in [5.41, 5.74) is 1.74. The van der Waals surface area contributed by atoms with Crippen LogP contribution < -0.4 is 5.56 Å². The third kappa shape index (κ3) is 2.62. The molecule has 2 heterocycles. The van der Waals surface area contributed by atoms with Crippen LogP contribution in [0.5, 0.6) is 0 Å². The molecule has 4 nitrogen and oxygen atoms in total. The van der Waals surface area contributed by atoms with Crippen LogP contribution in [0, 0.1) is 12.7 Å². The Labute approximate surface area is 127 Å². The number of aryl methyl sites for hydroxylation is 1. The minimum atomic E-state index is -0.477. The monoisotopic (exact) mass is 297 g/mol. The molecule has 0 spiro atoms. The van der Waals surface area contributed by atoms with E-state index in [1.165, 1.54) is 23.0 Å². The zero-order chi connectivity index (χ0) is 15.7. The lowest BCUT2D eigenvalue weighted by molar-refractivity contribution is 0.516. The first-order valence-electron chi connectivity index (χ1n) is 7.14.